The molecule has 0 bridgehead atoms. The van der Waals surface area contributed by atoms with Crippen LogP contribution in [0.2, 0.25) is 0 Å². The number of hydrogen-bond acceptors (Lipinski definition) is 3. The first-order valence-corrected chi connectivity index (χ1v) is 7.03. The van der Waals surface area contributed by atoms with Crippen LogP contribution in [0.5, 0.6) is 0 Å². The molecule has 0 aliphatic carbocycles. The average molecular weight is 270 g/mol. The number of nitrogens with zero attached hydrogens (tertiary/aromatic N) is 1. The molecule has 0 saturated heterocycles. The van der Waals surface area contributed by atoms with Gasteiger partial charge in [-0.3, -0.25) is 10.3 Å². The number of aliphatic hydroxyl groups excluding tert-OH is 1. The topological polar surface area (TPSA) is 45.1 Å². The lowest BCUT2D eigenvalue weighted by molar-refractivity contribution is 0.153. The Bertz CT molecular complexity index is 518. The van der Waals surface area contributed by atoms with Crippen molar-refractivity contribution in [1.29, 1.82) is 0 Å². The highest BCUT2D eigenvalue weighted by Gasteiger charge is 2.28. The van der Waals surface area contributed by atoms with E-state index in [1.807, 2.05) is 37.4 Å². The minimum absolute atomic E-state index is 0.0688. The Balaban J connectivity index is 2.15. The predicted octanol–water partition coefficient (Wildman–Crippen LogP) is 2.78. The van der Waals surface area contributed by atoms with Crippen LogP contribution in [0.1, 0.15) is 30.2 Å². The Morgan fingerprint density at radius 3 is 2.45 bits per heavy atom. The Kier molecular flexibility index (Phi) is 4.88. The summed E-state index contributed by atoms with van der Waals surface area (Å²) in [7, 11) is 0. The molecule has 1 atom stereocenters. The zero-order valence-corrected chi connectivity index (χ0v) is 12.1. The van der Waals surface area contributed by atoms with Gasteiger partial charge in [0.15, 0.2) is 0 Å². The van der Waals surface area contributed by atoms with E-state index < -0.39 is 5.54 Å². The van der Waals surface area contributed by atoms with Gasteiger partial charge >= 0.3 is 0 Å². The van der Waals surface area contributed by atoms with Crippen molar-refractivity contribution in [2.24, 2.45) is 0 Å². The van der Waals surface area contributed by atoms with E-state index in [2.05, 4.69) is 35.4 Å². The Labute approximate surface area is 120 Å². The molecule has 0 saturated carbocycles. The molecule has 0 aliphatic rings. The monoisotopic (exact) mass is 270 g/mol. The van der Waals surface area contributed by atoms with E-state index in [0.29, 0.717) is 6.54 Å². The van der Waals surface area contributed by atoms with Crippen LogP contribution < -0.4 is 5.32 Å². The van der Waals surface area contributed by atoms with Crippen LogP contribution in [0.15, 0.2) is 48.7 Å². The molecule has 0 aliphatic heterocycles. The third-order valence-corrected chi connectivity index (χ3v) is 3.78. The van der Waals surface area contributed by atoms with Gasteiger partial charge in [-0.25, -0.2) is 0 Å². The van der Waals surface area contributed by atoms with Gasteiger partial charge in [0.2, 0.25) is 0 Å². The number of nitrogens with one attached hydrogen (secondary N) is 1. The number of rotatable bonds is 6. The first-order chi connectivity index (χ1) is 9.70. The summed E-state index contributed by atoms with van der Waals surface area (Å²) in [5, 5.41) is 13.3. The Morgan fingerprint density at radius 2 is 1.90 bits per heavy atom. The lowest BCUT2D eigenvalue weighted by Gasteiger charge is -2.32. The largest absolute Gasteiger partial charge is 0.394 e. The quantitative estimate of drug-likeness (QED) is 0.848. The van der Waals surface area contributed by atoms with Crippen LogP contribution in [-0.2, 0) is 12.1 Å². The van der Waals surface area contributed by atoms with Crippen LogP contribution in [0, 0.1) is 6.92 Å². The maximum Gasteiger partial charge on any atom is 0.0669 e. The van der Waals surface area contributed by atoms with Gasteiger partial charge < -0.3 is 5.11 Å². The molecular weight excluding hydrogens is 248 g/mol. The molecule has 1 aromatic carbocycles. The second-order valence-corrected chi connectivity index (χ2v) is 5.14. The molecule has 0 amide bonds. The van der Waals surface area contributed by atoms with E-state index in [-0.39, 0.29) is 6.61 Å². The van der Waals surface area contributed by atoms with Gasteiger partial charge in [0.1, 0.15) is 0 Å². The van der Waals surface area contributed by atoms with Crippen molar-refractivity contribution in [3.8, 4) is 0 Å². The second kappa shape index (κ2) is 6.64. The third kappa shape index (κ3) is 3.24. The second-order valence-electron chi connectivity index (χ2n) is 5.14. The van der Waals surface area contributed by atoms with E-state index >= 15 is 0 Å². The summed E-state index contributed by atoms with van der Waals surface area (Å²) in [6.45, 7) is 4.82. The van der Waals surface area contributed by atoms with Gasteiger partial charge in [-0.15, -0.1) is 0 Å². The molecule has 3 heteroatoms. The average Bonchev–Trinajstić information content (AvgIpc) is 2.51. The maximum absolute atomic E-state index is 9.87. The van der Waals surface area contributed by atoms with E-state index in [9.17, 15) is 5.11 Å². The zero-order valence-electron chi connectivity index (χ0n) is 12.1. The van der Waals surface area contributed by atoms with E-state index in [1.54, 1.807) is 0 Å². The fourth-order valence-corrected chi connectivity index (χ4v) is 2.31. The molecule has 1 aromatic heterocycles. The van der Waals surface area contributed by atoms with Gasteiger partial charge in [0.05, 0.1) is 17.8 Å². The van der Waals surface area contributed by atoms with Crippen molar-refractivity contribution in [2.75, 3.05) is 6.61 Å². The van der Waals surface area contributed by atoms with Crippen LogP contribution in [0.4, 0.5) is 0 Å². The van der Waals surface area contributed by atoms with Crippen molar-refractivity contribution in [1.82, 2.24) is 10.3 Å². The summed E-state index contributed by atoms with van der Waals surface area (Å²) < 4.78 is 0. The molecule has 1 heterocycles. The lowest BCUT2D eigenvalue weighted by Crippen LogP contribution is -2.44. The third-order valence-electron chi connectivity index (χ3n) is 3.78. The van der Waals surface area contributed by atoms with Gasteiger partial charge in [-0.2, -0.15) is 0 Å². The highest BCUT2D eigenvalue weighted by Crippen LogP contribution is 2.24. The van der Waals surface area contributed by atoms with E-state index in [4.69, 9.17) is 0 Å². The van der Waals surface area contributed by atoms with Gasteiger partial charge in [-0.05, 0) is 30.5 Å². The first kappa shape index (κ1) is 14.7. The number of pyridine rings is 1. The number of aromatic nitrogens is 1. The zero-order chi connectivity index (χ0) is 14.4. The molecule has 0 spiro atoms. The summed E-state index contributed by atoms with van der Waals surface area (Å²) >= 11 is 0. The van der Waals surface area contributed by atoms with Crippen molar-refractivity contribution in [2.45, 2.75) is 32.4 Å². The van der Waals surface area contributed by atoms with Crippen molar-refractivity contribution >= 4 is 0 Å². The lowest BCUT2D eigenvalue weighted by atomic mass is 9.88. The number of hydrogen-bond donors (Lipinski definition) is 2. The fourth-order valence-electron chi connectivity index (χ4n) is 2.31. The summed E-state index contributed by atoms with van der Waals surface area (Å²) in [4.78, 5) is 4.40. The number of benzene rings is 1. The van der Waals surface area contributed by atoms with E-state index in [1.165, 1.54) is 0 Å². The highest BCUT2D eigenvalue weighted by molar-refractivity contribution is 5.25. The van der Waals surface area contributed by atoms with Gasteiger partial charge in [0, 0.05) is 12.7 Å². The standard InChI is InChI=1S/C17H22N2O/c1-3-17(13-20,15-7-5-4-6-8-15)19-12-16-10-9-14(2)11-18-16/h4-11,19-20H,3,12-13H2,1-2H3/t17-/m1/s1. The van der Waals surface area contributed by atoms with Crippen LogP contribution >= 0.6 is 0 Å². The molecule has 2 aromatic rings. The molecule has 2 N–H and O–H groups in total. The molecule has 0 fully saturated rings. The normalized spacial score (nSPS) is 13.9. The van der Waals surface area contributed by atoms with Crippen molar-refractivity contribution < 1.29 is 5.11 Å². The minimum atomic E-state index is -0.409. The van der Waals surface area contributed by atoms with Crippen LogP contribution in [0.3, 0.4) is 0 Å². The molecule has 0 unspecified atom stereocenters. The summed E-state index contributed by atoms with van der Waals surface area (Å²) in [5.41, 5.74) is 2.84. The first-order valence-electron chi connectivity index (χ1n) is 7.03. The Hall–Kier alpha value is -1.71. The Morgan fingerprint density at radius 1 is 1.15 bits per heavy atom. The number of aryl methyl sites for hydroxylation is 1. The van der Waals surface area contributed by atoms with Crippen molar-refractivity contribution in [3.05, 3.63) is 65.5 Å². The summed E-state index contributed by atoms with van der Waals surface area (Å²) in [5.74, 6) is 0. The van der Waals surface area contributed by atoms with Crippen LogP contribution in [-0.4, -0.2) is 16.7 Å². The van der Waals surface area contributed by atoms with E-state index in [0.717, 1.165) is 23.2 Å². The smallest absolute Gasteiger partial charge is 0.0669 e. The minimum Gasteiger partial charge on any atom is -0.394 e. The maximum atomic E-state index is 9.87. The van der Waals surface area contributed by atoms with Gasteiger partial charge in [-0.1, -0.05) is 43.3 Å². The molecule has 3 nitrogen and oxygen atoms in total. The van der Waals surface area contributed by atoms with Gasteiger partial charge in [0.25, 0.3) is 0 Å². The SMILES string of the molecule is CC[C@](CO)(NCc1ccc(C)cn1)c1ccccc1. The van der Waals surface area contributed by atoms with Crippen molar-refractivity contribution in [3.63, 3.8) is 0 Å². The highest BCUT2D eigenvalue weighted by atomic mass is 16.3. The number of aliphatic hydroxyl groups is 1. The molecule has 0 radical (unpaired) electrons. The molecule has 2 rings (SSSR count). The summed E-state index contributed by atoms with van der Waals surface area (Å²) in [6.07, 6.45) is 2.69. The fraction of sp³-hybridized carbons (Fsp3) is 0.353. The molecular formula is C17H22N2O. The molecule has 106 valence electrons. The summed E-state index contributed by atoms with van der Waals surface area (Å²) in [6, 6.07) is 14.2. The predicted molar refractivity (Wildman–Crippen MR) is 81.3 cm³/mol. The molecule has 20 heavy (non-hydrogen) atoms. The van der Waals surface area contributed by atoms with Crippen LogP contribution in [0.25, 0.3) is 0 Å².